The number of nitrogens with zero attached hydrogens (tertiary/aromatic N) is 4. The molecule has 1 aromatic carbocycles. The topological polar surface area (TPSA) is 68.1 Å². The van der Waals surface area contributed by atoms with E-state index in [-0.39, 0.29) is 0 Å². The summed E-state index contributed by atoms with van der Waals surface area (Å²) in [5.74, 6) is 0. The van der Waals surface area contributed by atoms with Gasteiger partial charge in [0.15, 0.2) is 9.84 Å². The molecular formula is C21H22N4O2S. The van der Waals surface area contributed by atoms with Crippen molar-refractivity contribution in [2.24, 2.45) is 0 Å². The van der Waals surface area contributed by atoms with Gasteiger partial charge in [-0.05, 0) is 49.2 Å². The lowest BCUT2D eigenvalue weighted by molar-refractivity contribution is 0.165. The molecule has 0 N–H and O–H groups in total. The van der Waals surface area contributed by atoms with Gasteiger partial charge in [-0.2, -0.15) is 5.10 Å². The van der Waals surface area contributed by atoms with E-state index < -0.39 is 9.84 Å². The molecule has 0 unspecified atom stereocenters. The normalized spacial score (nSPS) is 21.6. The molecule has 2 atom stereocenters. The van der Waals surface area contributed by atoms with Crippen molar-refractivity contribution >= 4 is 9.84 Å². The predicted molar refractivity (Wildman–Crippen MR) is 106 cm³/mol. The second-order valence-electron chi connectivity index (χ2n) is 7.67. The average molecular weight is 395 g/mol. The second kappa shape index (κ2) is 6.53. The lowest BCUT2D eigenvalue weighted by atomic mass is 9.99. The summed E-state index contributed by atoms with van der Waals surface area (Å²) in [6.45, 7) is 0.865. The predicted octanol–water partition coefficient (Wildman–Crippen LogP) is 2.93. The standard InChI is InChI=1S/C21H22N4O2S/c1-28(26,27)18-8-5-16(6-9-18)25-21-12-17-7-10-20(19(21)13-23-25)24(17)14-15-4-2-3-11-22-15/h2-6,8-9,11,13,17,20H,7,10,12,14H2,1H3/t17-,20+/m0/s1. The minimum absolute atomic E-state index is 0.332. The number of hydrogen-bond acceptors (Lipinski definition) is 5. The van der Waals surface area contributed by atoms with Crippen LogP contribution in [-0.2, 0) is 22.8 Å². The van der Waals surface area contributed by atoms with Gasteiger partial charge >= 0.3 is 0 Å². The average Bonchev–Trinajstić information content (AvgIpc) is 3.22. The minimum Gasteiger partial charge on any atom is -0.287 e. The van der Waals surface area contributed by atoms with Crippen LogP contribution in [0.25, 0.3) is 5.69 Å². The number of hydrogen-bond donors (Lipinski definition) is 0. The first-order valence-electron chi connectivity index (χ1n) is 9.53. The Kier molecular flexibility index (Phi) is 4.10. The summed E-state index contributed by atoms with van der Waals surface area (Å²) >= 11 is 0. The maximum absolute atomic E-state index is 11.7. The van der Waals surface area contributed by atoms with E-state index in [1.165, 1.54) is 23.9 Å². The van der Waals surface area contributed by atoms with E-state index in [1.54, 1.807) is 12.1 Å². The molecule has 2 bridgehead atoms. The third kappa shape index (κ3) is 2.95. The fourth-order valence-electron chi connectivity index (χ4n) is 4.56. The maximum atomic E-state index is 11.7. The van der Waals surface area contributed by atoms with Crippen LogP contribution in [0.3, 0.4) is 0 Å². The zero-order valence-corrected chi connectivity index (χ0v) is 16.5. The minimum atomic E-state index is -3.19. The molecule has 6 nitrogen and oxygen atoms in total. The Labute approximate surface area is 164 Å². The largest absolute Gasteiger partial charge is 0.287 e. The highest BCUT2D eigenvalue weighted by molar-refractivity contribution is 7.90. The highest BCUT2D eigenvalue weighted by Crippen LogP contribution is 2.44. The van der Waals surface area contributed by atoms with Gasteiger partial charge < -0.3 is 0 Å². The summed E-state index contributed by atoms with van der Waals surface area (Å²) in [6.07, 6.45) is 8.34. The Hall–Kier alpha value is -2.51. The number of pyridine rings is 1. The summed E-state index contributed by atoms with van der Waals surface area (Å²) in [5.41, 5.74) is 4.55. The van der Waals surface area contributed by atoms with Gasteiger partial charge in [0.05, 0.1) is 28.2 Å². The van der Waals surface area contributed by atoms with Gasteiger partial charge in [-0.25, -0.2) is 13.1 Å². The van der Waals surface area contributed by atoms with Gasteiger partial charge in [-0.3, -0.25) is 9.88 Å². The first kappa shape index (κ1) is 17.6. The molecule has 0 aliphatic carbocycles. The quantitative estimate of drug-likeness (QED) is 0.681. The smallest absolute Gasteiger partial charge is 0.175 e. The Morgan fingerprint density at radius 2 is 1.93 bits per heavy atom. The van der Waals surface area contributed by atoms with Crippen LogP contribution < -0.4 is 0 Å². The first-order chi connectivity index (χ1) is 13.5. The lowest BCUT2D eigenvalue weighted by Gasteiger charge is -2.34. The summed E-state index contributed by atoms with van der Waals surface area (Å²) in [6, 6.07) is 13.9. The second-order valence-corrected chi connectivity index (χ2v) is 9.68. The summed E-state index contributed by atoms with van der Waals surface area (Å²) in [5, 5.41) is 4.65. The number of sulfone groups is 1. The van der Waals surface area contributed by atoms with E-state index in [0.717, 1.165) is 30.8 Å². The van der Waals surface area contributed by atoms with Crippen molar-refractivity contribution in [1.82, 2.24) is 19.7 Å². The molecule has 0 saturated carbocycles. The van der Waals surface area contributed by atoms with Crippen LogP contribution >= 0.6 is 0 Å². The van der Waals surface area contributed by atoms with Crippen LogP contribution in [0.1, 0.15) is 35.8 Å². The lowest BCUT2D eigenvalue weighted by Crippen LogP contribution is -2.37. The van der Waals surface area contributed by atoms with Crippen molar-refractivity contribution in [2.45, 2.75) is 42.8 Å². The van der Waals surface area contributed by atoms with Crippen molar-refractivity contribution in [3.05, 3.63) is 71.8 Å². The van der Waals surface area contributed by atoms with Gasteiger partial charge in [0.2, 0.25) is 0 Å². The van der Waals surface area contributed by atoms with Gasteiger partial charge in [-0.15, -0.1) is 0 Å². The van der Waals surface area contributed by atoms with Crippen LogP contribution in [0.4, 0.5) is 0 Å². The van der Waals surface area contributed by atoms with Crippen LogP contribution in [0.15, 0.2) is 59.8 Å². The molecule has 2 aliphatic rings. The number of aromatic nitrogens is 3. The summed E-state index contributed by atoms with van der Waals surface area (Å²) < 4.78 is 25.4. The third-order valence-electron chi connectivity index (χ3n) is 5.91. The third-order valence-corrected chi connectivity index (χ3v) is 7.04. The Morgan fingerprint density at radius 1 is 1.11 bits per heavy atom. The molecule has 2 aromatic heterocycles. The van der Waals surface area contributed by atoms with E-state index in [0.29, 0.717) is 17.0 Å². The summed E-state index contributed by atoms with van der Waals surface area (Å²) in [7, 11) is -3.19. The van der Waals surface area contributed by atoms with E-state index in [2.05, 4.69) is 21.0 Å². The van der Waals surface area contributed by atoms with Gasteiger partial charge in [0.25, 0.3) is 0 Å². The van der Waals surface area contributed by atoms with Crippen LogP contribution in [0.5, 0.6) is 0 Å². The van der Waals surface area contributed by atoms with Gasteiger partial charge in [-0.1, -0.05) is 6.07 Å². The highest BCUT2D eigenvalue weighted by atomic mass is 32.2. The molecule has 5 rings (SSSR count). The zero-order chi connectivity index (χ0) is 19.3. The molecule has 3 aromatic rings. The van der Waals surface area contributed by atoms with Crippen LogP contribution in [-0.4, -0.2) is 40.4 Å². The highest BCUT2D eigenvalue weighted by Gasteiger charge is 2.41. The van der Waals surface area contributed by atoms with Crippen molar-refractivity contribution in [1.29, 1.82) is 0 Å². The number of rotatable bonds is 4. The number of benzene rings is 1. The summed E-state index contributed by atoms with van der Waals surface area (Å²) in [4.78, 5) is 7.39. The van der Waals surface area contributed by atoms with Crippen molar-refractivity contribution in [2.75, 3.05) is 6.26 Å². The molecule has 28 heavy (non-hydrogen) atoms. The Bertz CT molecular complexity index is 1110. The van der Waals surface area contributed by atoms with Gasteiger partial charge in [0.1, 0.15) is 0 Å². The fraction of sp³-hybridized carbons (Fsp3) is 0.333. The SMILES string of the molecule is CS(=O)(=O)c1ccc(-n2ncc3c2C[C@@H]2CC[C@H]3N2Cc2ccccn2)cc1. The molecule has 144 valence electrons. The molecule has 1 fully saturated rings. The zero-order valence-electron chi connectivity index (χ0n) is 15.7. The molecule has 1 saturated heterocycles. The van der Waals surface area contributed by atoms with E-state index in [9.17, 15) is 8.42 Å². The van der Waals surface area contributed by atoms with Crippen molar-refractivity contribution in [3.8, 4) is 5.69 Å². The maximum Gasteiger partial charge on any atom is 0.175 e. The molecule has 4 heterocycles. The molecule has 2 aliphatic heterocycles. The molecule has 0 spiro atoms. The van der Waals surface area contributed by atoms with Crippen molar-refractivity contribution in [3.63, 3.8) is 0 Å². The molecule has 0 amide bonds. The number of fused-ring (bicyclic) bond motifs is 4. The Morgan fingerprint density at radius 3 is 2.64 bits per heavy atom. The van der Waals surface area contributed by atoms with Crippen LogP contribution in [0, 0.1) is 0 Å². The van der Waals surface area contributed by atoms with E-state index in [1.807, 2.05) is 41.3 Å². The molecule has 0 radical (unpaired) electrons. The van der Waals surface area contributed by atoms with Gasteiger partial charge in [0, 0.05) is 43.1 Å². The van der Waals surface area contributed by atoms with E-state index in [4.69, 9.17) is 0 Å². The van der Waals surface area contributed by atoms with E-state index >= 15 is 0 Å². The monoisotopic (exact) mass is 394 g/mol. The fourth-order valence-corrected chi connectivity index (χ4v) is 5.19. The first-order valence-corrected chi connectivity index (χ1v) is 11.4. The van der Waals surface area contributed by atoms with Crippen molar-refractivity contribution < 1.29 is 8.42 Å². The Balaban J connectivity index is 1.46. The molecule has 7 heteroatoms. The molecular weight excluding hydrogens is 372 g/mol. The van der Waals surface area contributed by atoms with Crippen LogP contribution in [0.2, 0.25) is 0 Å².